The van der Waals surface area contributed by atoms with Crippen molar-refractivity contribution < 1.29 is 32.9 Å². The highest BCUT2D eigenvalue weighted by Gasteiger charge is 2.37. The van der Waals surface area contributed by atoms with E-state index < -0.39 is 11.9 Å². The van der Waals surface area contributed by atoms with Crippen molar-refractivity contribution in [2.75, 3.05) is 25.7 Å². The quantitative estimate of drug-likeness (QED) is 0.121. The molecular formula is C35H34FNO6. The third kappa shape index (κ3) is 8.60. The molecule has 222 valence electrons. The van der Waals surface area contributed by atoms with E-state index in [0.717, 1.165) is 22.6 Å². The zero-order valence-electron chi connectivity index (χ0n) is 24.6. The van der Waals surface area contributed by atoms with Gasteiger partial charge in [-0.25, -0.2) is 9.18 Å². The first-order valence-corrected chi connectivity index (χ1v) is 13.6. The van der Waals surface area contributed by atoms with Crippen LogP contribution in [0.15, 0.2) is 97.1 Å². The smallest absolute Gasteiger partial charge is 0.415 e. The van der Waals surface area contributed by atoms with E-state index in [1.54, 1.807) is 19.1 Å². The van der Waals surface area contributed by atoms with Gasteiger partial charge in [0.05, 0.1) is 14.2 Å². The van der Waals surface area contributed by atoms with E-state index in [4.69, 9.17) is 25.4 Å². The molecule has 0 bridgehead atoms. The van der Waals surface area contributed by atoms with Gasteiger partial charge in [-0.15, -0.1) is 6.42 Å². The van der Waals surface area contributed by atoms with Crippen LogP contribution in [0.25, 0.3) is 0 Å². The predicted octanol–water partition coefficient (Wildman–Crippen LogP) is 7.65. The topological polar surface area (TPSA) is 74.3 Å². The van der Waals surface area contributed by atoms with Gasteiger partial charge >= 0.3 is 6.09 Å². The highest BCUT2D eigenvalue weighted by Crippen LogP contribution is 2.39. The number of carbonyl (C=O) groups is 2. The average Bonchev–Trinajstić information content (AvgIpc) is 3.46. The first-order chi connectivity index (χ1) is 20.9. The summed E-state index contributed by atoms with van der Waals surface area (Å²) in [6.45, 7) is 4.64. The number of Topliss-reactive ketones (excluding diaryl/α,β-unsaturated/α-hetero) is 1. The molecule has 1 amide bonds. The number of terminal acetylenes is 1. The first kappa shape index (κ1) is 32.2. The summed E-state index contributed by atoms with van der Waals surface area (Å²) in [5, 5.41) is 0. The molecule has 0 saturated carbocycles. The summed E-state index contributed by atoms with van der Waals surface area (Å²) in [6, 6.07) is 27.7. The molecule has 1 atom stereocenters. The summed E-state index contributed by atoms with van der Waals surface area (Å²) in [7, 11) is 3.22. The number of cyclic esters (lactones) is 1. The number of benzene rings is 4. The lowest BCUT2D eigenvalue weighted by atomic mass is 10.0. The van der Waals surface area contributed by atoms with Gasteiger partial charge in [-0.3, -0.25) is 9.69 Å². The number of carbonyl (C=O) groups excluding carboxylic acids is 2. The number of nitrogens with zero attached hydrogens (tertiary/aromatic N) is 1. The summed E-state index contributed by atoms with van der Waals surface area (Å²) in [5.74, 6) is 3.19. The van der Waals surface area contributed by atoms with Crippen LogP contribution in [0.1, 0.15) is 41.4 Å². The molecule has 7 nitrogen and oxygen atoms in total. The zero-order valence-corrected chi connectivity index (χ0v) is 24.6. The molecule has 0 radical (unpaired) electrons. The Kier molecular flexibility index (Phi) is 12.2. The van der Waals surface area contributed by atoms with Crippen molar-refractivity contribution in [2.24, 2.45) is 0 Å². The number of ether oxygens (including phenoxy) is 4. The Morgan fingerprint density at radius 3 is 2.16 bits per heavy atom. The molecule has 8 heteroatoms. The largest absolute Gasteiger partial charge is 0.497 e. The van der Waals surface area contributed by atoms with Crippen LogP contribution in [0.5, 0.6) is 17.2 Å². The minimum absolute atomic E-state index is 0.235. The van der Waals surface area contributed by atoms with Crippen molar-refractivity contribution in [3.8, 4) is 29.6 Å². The van der Waals surface area contributed by atoms with Crippen LogP contribution in [0.3, 0.4) is 0 Å². The minimum atomic E-state index is -0.426. The third-order valence-electron chi connectivity index (χ3n) is 6.28. The van der Waals surface area contributed by atoms with Crippen molar-refractivity contribution in [3.05, 3.63) is 120 Å². The van der Waals surface area contributed by atoms with Crippen molar-refractivity contribution >= 4 is 17.6 Å². The van der Waals surface area contributed by atoms with Crippen molar-refractivity contribution in [1.29, 1.82) is 0 Å². The molecule has 1 saturated heterocycles. The second-order valence-electron chi connectivity index (χ2n) is 8.82. The molecule has 4 aromatic rings. The fourth-order valence-corrected chi connectivity index (χ4v) is 4.14. The highest BCUT2D eigenvalue weighted by molar-refractivity contribution is 6.08. The van der Waals surface area contributed by atoms with E-state index in [9.17, 15) is 14.0 Å². The maximum absolute atomic E-state index is 12.5. The monoisotopic (exact) mass is 583 g/mol. The Labute approximate surface area is 251 Å². The molecule has 0 N–H and O–H groups in total. The van der Waals surface area contributed by atoms with E-state index in [-0.39, 0.29) is 18.5 Å². The summed E-state index contributed by atoms with van der Waals surface area (Å²) in [5.41, 5.74) is 2.98. The van der Waals surface area contributed by atoms with Crippen molar-refractivity contribution in [1.82, 2.24) is 0 Å². The van der Waals surface area contributed by atoms with Gasteiger partial charge in [0, 0.05) is 22.9 Å². The van der Waals surface area contributed by atoms with Gasteiger partial charge in [-0.2, -0.15) is 0 Å². The summed E-state index contributed by atoms with van der Waals surface area (Å²) < 4.78 is 34.4. The molecule has 1 aliphatic rings. The predicted molar refractivity (Wildman–Crippen MR) is 164 cm³/mol. The summed E-state index contributed by atoms with van der Waals surface area (Å²) in [4.78, 5) is 24.9. The summed E-state index contributed by atoms with van der Waals surface area (Å²) >= 11 is 0. The van der Waals surface area contributed by atoms with E-state index >= 15 is 0 Å². The second-order valence-corrected chi connectivity index (χ2v) is 8.82. The number of amides is 1. The maximum Gasteiger partial charge on any atom is 0.415 e. The van der Waals surface area contributed by atoms with Gasteiger partial charge < -0.3 is 18.9 Å². The van der Waals surface area contributed by atoms with Gasteiger partial charge in [-0.1, -0.05) is 44.2 Å². The molecule has 0 spiro atoms. The van der Waals surface area contributed by atoms with Crippen LogP contribution >= 0.6 is 0 Å². The molecule has 5 rings (SSSR count). The Balaban J connectivity index is 0.000000327. The molecule has 1 heterocycles. The SMILES string of the molecule is C#CC(=O)c1ccc(F)cc1.CC.COc1ccc(N2C(=O)OCC2c2ccc(OC)cc2OCc2ccccc2)cc1. The molecule has 1 unspecified atom stereocenters. The van der Waals surface area contributed by atoms with Crippen LogP contribution in [-0.4, -0.2) is 32.7 Å². The Bertz CT molecular complexity index is 1520. The lowest BCUT2D eigenvalue weighted by Crippen LogP contribution is -2.27. The number of ketones is 1. The Hall–Kier alpha value is -5.29. The van der Waals surface area contributed by atoms with Crippen LogP contribution < -0.4 is 19.1 Å². The number of hydrogen-bond acceptors (Lipinski definition) is 6. The van der Waals surface area contributed by atoms with Crippen LogP contribution in [-0.2, 0) is 11.3 Å². The van der Waals surface area contributed by atoms with Crippen LogP contribution in [0.4, 0.5) is 14.9 Å². The highest BCUT2D eigenvalue weighted by atomic mass is 19.1. The van der Waals surface area contributed by atoms with Gasteiger partial charge in [0.25, 0.3) is 0 Å². The molecule has 4 aromatic carbocycles. The molecule has 1 fully saturated rings. The lowest BCUT2D eigenvalue weighted by Gasteiger charge is -2.24. The van der Waals surface area contributed by atoms with Crippen molar-refractivity contribution in [2.45, 2.75) is 26.5 Å². The van der Waals surface area contributed by atoms with Crippen LogP contribution in [0.2, 0.25) is 0 Å². The number of hydrogen-bond donors (Lipinski definition) is 0. The lowest BCUT2D eigenvalue weighted by molar-refractivity contribution is 0.105. The second kappa shape index (κ2) is 16.2. The maximum atomic E-state index is 12.5. The number of methoxy groups -OCH3 is 2. The number of halogens is 1. The van der Waals surface area contributed by atoms with Crippen LogP contribution in [0, 0.1) is 18.2 Å². The van der Waals surface area contributed by atoms with Crippen molar-refractivity contribution in [3.63, 3.8) is 0 Å². The zero-order chi connectivity index (χ0) is 31.2. The average molecular weight is 584 g/mol. The first-order valence-electron chi connectivity index (χ1n) is 13.6. The molecular weight excluding hydrogens is 549 g/mol. The van der Waals surface area contributed by atoms with E-state index in [2.05, 4.69) is 0 Å². The van der Waals surface area contributed by atoms with Gasteiger partial charge in [0.15, 0.2) is 0 Å². The molecule has 1 aliphatic heterocycles. The van der Waals surface area contributed by atoms with Gasteiger partial charge in [0.2, 0.25) is 5.78 Å². The van der Waals surface area contributed by atoms with E-state index in [1.165, 1.54) is 24.3 Å². The fourth-order valence-electron chi connectivity index (χ4n) is 4.14. The number of anilines is 1. The van der Waals surface area contributed by atoms with E-state index in [1.807, 2.05) is 92.6 Å². The standard InChI is InChI=1S/C24H23NO5.C9H5FO.C2H6/c1-27-19-10-8-18(9-11-19)25-22(16-30-24(25)26)21-13-12-20(28-2)14-23(21)29-15-17-6-4-3-5-7-17;1-2-9(11)7-3-5-8(10)6-4-7;1-2/h3-14,22H,15-16H2,1-2H3;1,3-6H;1-2H3. The molecule has 43 heavy (non-hydrogen) atoms. The minimum Gasteiger partial charge on any atom is -0.497 e. The fraction of sp³-hybridized carbons (Fsp3) is 0.200. The Morgan fingerprint density at radius 1 is 0.930 bits per heavy atom. The third-order valence-corrected chi connectivity index (χ3v) is 6.28. The van der Waals surface area contributed by atoms with E-state index in [0.29, 0.717) is 23.7 Å². The van der Waals surface area contributed by atoms with Gasteiger partial charge in [0.1, 0.15) is 42.3 Å². The Morgan fingerprint density at radius 2 is 1.56 bits per heavy atom. The summed E-state index contributed by atoms with van der Waals surface area (Å²) in [6.07, 6.45) is 4.46. The van der Waals surface area contributed by atoms with Gasteiger partial charge in [-0.05, 0) is 72.1 Å². The molecule has 0 aromatic heterocycles. The number of rotatable bonds is 8. The molecule has 0 aliphatic carbocycles. The normalized spacial score (nSPS) is 13.3.